The van der Waals surface area contributed by atoms with Crippen LogP contribution in [0.4, 0.5) is 0 Å². The Morgan fingerprint density at radius 1 is 1.14 bits per heavy atom. The lowest BCUT2D eigenvalue weighted by Crippen LogP contribution is -2.27. The van der Waals surface area contributed by atoms with Crippen LogP contribution in [-0.4, -0.2) is 17.8 Å². The summed E-state index contributed by atoms with van der Waals surface area (Å²) in [6.45, 7) is 0.599. The van der Waals surface area contributed by atoms with E-state index in [-0.39, 0.29) is 12.7 Å². The SMILES string of the molecule is OC/C=C/CC[C@H]1CCCC[C@@H]1OCc1c(Cl)cccc1Cl. The molecule has 0 amide bonds. The van der Waals surface area contributed by atoms with Crippen molar-refractivity contribution in [3.05, 3.63) is 46.0 Å². The van der Waals surface area contributed by atoms with Gasteiger partial charge in [0.25, 0.3) is 0 Å². The normalized spacial score (nSPS) is 22.3. The van der Waals surface area contributed by atoms with Crippen LogP contribution in [0, 0.1) is 5.92 Å². The van der Waals surface area contributed by atoms with E-state index in [9.17, 15) is 0 Å². The predicted octanol–water partition coefficient (Wildman–Crippen LogP) is 5.40. The van der Waals surface area contributed by atoms with Crippen molar-refractivity contribution < 1.29 is 9.84 Å². The van der Waals surface area contributed by atoms with Crippen molar-refractivity contribution in [1.82, 2.24) is 0 Å². The van der Waals surface area contributed by atoms with Gasteiger partial charge in [0.1, 0.15) is 0 Å². The summed E-state index contributed by atoms with van der Waals surface area (Å²) in [4.78, 5) is 0. The molecule has 1 fully saturated rings. The van der Waals surface area contributed by atoms with E-state index in [1.807, 2.05) is 24.3 Å². The van der Waals surface area contributed by atoms with Crippen LogP contribution in [0.5, 0.6) is 0 Å². The van der Waals surface area contributed by atoms with Gasteiger partial charge in [-0.1, -0.05) is 54.3 Å². The van der Waals surface area contributed by atoms with Gasteiger partial charge < -0.3 is 9.84 Å². The third-order valence-electron chi connectivity index (χ3n) is 4.32. The van der Waals surface area contributed by atoms with Crippen LogP contribution in [0.15, 0.2) is 30.4 Å². The molecule has 1 aliphatic rings. The number of aliphatic hydroxyl groups excluding tert-OH is 1. The number of ether oxygens (including phenoxy) is 1. The molecule has 122 valence electrons. The zero-order valence-electron chi connectivity index (χ0n) is 12.8. The fourth-order valence-corrected chi connectivity index (χ4v) is 3.59. The average Bonchev–Trinajstić information content (AvgIpc) is 2.52. The van der Waals surface area contributed by atoms with Gasteiger partial charge in [-0.2, -0.15) is 0 Å². The van der Waals surface area contributed by atoms with Crippen molar-refractivity contribution >= 4 is 23.2 Å². The van der Waals surface area contributed by atoms with Crippen LogP contribution < -0.4 is 0 Å². The molecule has 1 N–H and O–H groups in total. The van der Waals surface area contributed by atoms with Crippen LogP contribution in [0.25, 0.3) is 0 Å². The number of hydrogen-bond acceptors (Lipinski definition) is 2. The summed E-state index contributed by atoms with van der Waals surface area (Å²) in [5.41, 5.74) is 0.885. The summed E-state index contributed by atoms with van der Waals surface area (Å²) in [7, 11) is 0. The molecule has 0 bridgehead atoms. The predicted molar refractivity (Wildman–Crippen MR) is 92.5 cm³/mol. The maximum Gasteiger partial charge on any atom is 0.0749 e. The molecule has 0 spiro atoms. The van der Waals surface area contributed by atoms with E-state index in [1.54, 1.807) is 0 Å². The van der Waals surface area contributed by atoms with Crippen molar-refractivity contribution in [3.8, 4) is 0 Å². The largest absolute Gasteiger partial charge is 0.392 e. The molecule has 22 heavy (non-hydrogen) atoms. The fraction of sp³-hybridized carbons (Fsp3) is 0.556. The summed E-state index contributed by atoms with van der Waals surface area (Å²) in [6, 6.07) is 5.55. The first-order valence-corrected chi connectivity index (χ1v) is 8.78. The van der Waals surface area contributed by atoms with Crippen molar-refractivity contribution in [2.45, 2.75) is 51.2 Å². The maximum atomic E-state index is 8.78. The molecule has 0 heterocycles. The van der Waals surface area contributed by atoms with Crippen LogP contribution in [-0.2, 0) is 11.3 Å². The van der Waals surface area contributed by atoms with E-state index in [1.165, 1.54) is 19.3 Å². The highest BCUT2D eigenvalue weighted by Crippen LogP contribution is 2.32. The third-order valence-corrected chi connectivity index (χ3v) is 5.03. The zero-order valence-corrected chi connectivity index (χ0v) is 14.3. The Kier molecular flexibility index (Phi) is 7.74. The molecule has 0 aliphatic heterocycles. The van der Waals surface area contributed by atoms with E-state index in [2.05, 4.69) is 6.08 Å². The molecule has 0 aromatic heterocycles. The highest BCUT2D eigenvalue weighted by molar-refractivity contribution is 6.35. The Morgan fingerprint density at radius 2 is 1.86 bits per heavy atom. The van der Waals surface area contributed by atoms with Gasteiger partial charge in [0, 0.05) is 15.6 Å². The second kappa shape index (κ2) is 9.57. The Bertz CT molecular complexity index is 468. The van der Waals surface area contributed by atoms with Gasteiger partial charge in [-0.25, -0.2) is 0 Å². The Labute approximate surface area is 143 Å². The van der Waals surface area contributed by atoms with Crippen molar-refractivity contribution in [2.75, 3.05) is 6.61 Å². The zero-order chi connectivity index (χ0) is 15.8. The smallest absolute Gasteiger partial charge is 0.0749 e. The summed E-state index contributed by atoms with van der Waals surface area (Å²) < 4.78 is 6.16. The second-order valence-corrected chi connectivity index (χ2v) is 6.64. The van der Waals surface area contributed by atoms with Gasteiger partial charge in [-0.15, -0.1) is 0 Å². The first kappa shape index (κ1) is 17.8. The molecule has 1 aliphatic carbocycles. The van der Waals surface area contributed by atoms with Crippen LogP contribution in [0.3, 0.4) is 0 Å². The minimum Gasteiger partial charge on any atom is -0.392 e. The maximum absolute atomic E-state index is 8.78. The molecule has 2 rings (SSSR count). The summed E-state index contributed by atoms with van der Waals surface area (Å²) >= 11 is 12.4. The van der Waals surface area contributed by atoms with Gasteiger partial charge in [0.15, 0.2) is 0 Å². The van der Waals surface area contributed by atoms with Gasteiger partial charge in [-0.05, 0) is 43.7 Å². The Hall–Kier alpha value is -0.540. The quantitative estimate of drug-likeness (QED) is 0.672. The monoisotopic (exact) mass is 342 g/mol. The van der Waals surface area contributed by atoms with E-state index in [0.717, 1.165) is 24.8 Å². The van der Waals surface area contributed by atoms with Gasteiger partial charge >= 0.3 is 0 Å². The molecule has 0 unspecified atom stereocenters. The lowest BCUT2D eigenvalue weighted by molar-refractivity contribution is -0.0232. The van der Waals surface area contributed by atoms with Crippen LogP contribution in [0.1, 0.15) is 44.1 Å². The third kappa shape index (κ3) is 5.27. The number of halogens is 2. The van der Waals surface area contributed by atoms with Crippen molar-refractivity contribution in [1.29, 1.82) is 0 Å². The highest BCUT2D eigenvalue weighted by atomic mass is 35.5. The molecular formula is C18H24Cl2O2. The van der Waals surface area contributed by atoms with Crippen LogP contribution >= 0.6 is 23.2 Å². The molecule has 1 aromatic carbocycles. The van der Waals surface area contributed by atoms with Gasteiger partial charge in [-0.3, -0.25) is 0 Å². The minimum atomic E-state index is 0.121. The van der Waals surface area contributed by atoms with Gasteiger partial charge in [0.05, 0.1) is 19.3 Å². The first-order valence-electron chi connectivity index (χ1n) is 8.02. The summed E-state index contributed by atoms with van der Waals surface area (Å²) in [5, 5.41) is 10.1. The Balaban J connectivity index is 1.89. The summed E-state index contributed by atoms with van der Waals surface area (Å²) in [6.07, 6.45) is 11.1. The fourth-order valence-electron chi connectivity index (χ4n) is 3.09. The van der Waals surface area contributed by atoms with E-state index < -0.39 is 0 Å². The molecule has 1 saturated carbocycles. The van der Waals surface area contributed by atoms with Crippen LogP contribution in [0.2, 0.25) is 10.0 Å². The van der Waals surface area contributed by atoms with Gasteiger partial charge in [0.2, 0.25) is 0 Å². The molecular weight excluding hydrogens is 319 g/mol. The first-order chi connectivity index (χ1) is 10.7. The number of aliphatic hydroxyl groups is 1. The number of hydrogen-bond donors (Lipinski definition) is 1. The second-order valence-electron chi connectivity index (χ2n) is 5.83. The Morgan fingerprint density at radius 3 is 2.59 bits per heavy atom. The van der Waals surface area contributed by atoms with Crippen molar-refractivity contribution in [3.63, 3.8) is 0 Å². The molecule has 2 nitrogen and oxygen atoms in total. The molecule has 0 saturated heterocycles. The lowest BCUT2D eigenvalue weighted by atomic mass is 9.83. The molecule has 1 aromatic rings. The molecule has 2 atom stereocenters. The number of allylic oxidation sites excluding steroid dienone is 1. The topological polar surface area (TPSA) is 29.5 Å². The van der Waals surface area contributed by atoms with E-state index >= 15 is 0 Å². The number of rotatable bonds is 7. The average molecular weight is 343 g/mol. The lowest BCUT2D eigenvalue weighted by Gasteiger charge is -2.31. The number of benzene rings is 1. The minimum absolute atomic E-state index is 0.121. The van der Waals surface area contributed by atoms with Crippen molar-refractivity contribution in [2.24, 2.45) is 5.92 Å². The van der Waals surface area contributed by atoms with E-state index in [4.69, 9.17) is 33.0 Å². The molecule has 0 radical (unpaired) electrons. The standard InChI is InChI=1S/C18H24Cl2O2/c19-16-9-6-10-17(20)15(16)13-22-18-11-4-3-8-14(18)7-2-1-5-12-21/h1,5-6,9-10,14,18,21H,2-4,7-8,11-13H2/b5-1+/t14-,18-/m0/s1. The highest BCUT2D eigenvalue weighted by Gasteiger charge is 2.25. The molecule has 4 heteroatoms. The van der Waals surface area contributed by atoms with E-state index in [0.29, 0.717) is 22.6 Å². The summed E-state index contributed by atoms with van der Waals surface area (Å²) in [5.74, 6) is 0.582.